The van der Waals surface area contributed by atoms with Gasteiger partial charge in [0, 0.05) is 22.0 Å². The fourth-order valence-electron chi connectivity index (χ4n) is 3.37. The molecule has 0 spiro atoms. The molecule has 1 aliphatic rings. The molecule has 0 bridgehead atoms. The van der Waals surface area contributed by atoms with Crippen LogP contribution in [0.4, 0.5) is 5.69 Å². The summed E-state index contributed by atoms with van der Waals surface area (Å²) in [5.41, 5.74) is 4.22. The van der Waals surface area contributed by atoms with Crippen molar-refractivity contribution in [2.24, 2.45) is 0 Å². The molecule has 3 aromatic rings. The van der Waals surface area contributed by atoms with Crippen LogP contribution in [0, 0.1) is 6.92 Å². The molecule has 2 N–H and O–H groups in total. The Labute approximate surface area is 164 Å². The van der Waals surface area contributed by atoms with Crippen LogP contribution in [0.3, 0.4) is 0 Å². The van der Waals surface area contributed by atoms with E-state index in [1.165, 1.54) is 0 Å². The highest BCUT2D eigenvalue weighted by Crippen LogP contribution is 2.43. The van der Waals surface area contributed by atoms with Gasteiger partial charge in [-0.3, -0.25) is 0 Å². The second-order valence-electron chi connectivity index (χ2n) is 6.75. The largest absolute Gasteiger partial charge is 0.377 e. The molecule has 0 aliphatic heterocycles. The smallest absolute Gasteiger partial charge is 0.136 e. The third kappa shape index (κ3) is 3.42. The maximum absolute atomic E-state index is 11.6. The molecule has 0 aromatic heterocycles. The van der Waals surface area contributed by atoms with E-state index in [4.69, 9.17) is 11.6 Å². The average Bonchev–Trinajstić information content (AvgIpc) is 3.03. The van der Waals surface area contributed by atoms with E-state index in [-0.39, 0.29) is 0 Å². The number of halogens is 1. The Morgan fingerprint density at radius 3 is 2.22 bits per heavy atom. The second kappa shape index (κ2) is 7.07. The van der Waals surface area contributed by atoms with Crippen molar-refractivity contribution in [2.45, 2.75) is 12.5 Å². The summed E-state index contributed by atoms with van der Waals surface area (Å²) in [5.74, 6) is 0. The van der Waals surface area contributed by atoms with Gasteiger partial charge in [0.25, 0.3) is 0 Å². The minimum atomic E-state index is -1.20. The maximum atomic E-state index is 11.6. The summed E-state index contributed by atoms with van der Waals surface area (Å²) >= 11 is 6.25. The average molecular weight is 374 g/mol. The molecule has 0 heterocycles. The molecule has 0 saturated heterocycles. The molecule has 0 fully saturated rings. The van der Waals surface area contributed by atoms with Crippen LogP contribution in [0.25, 0.3) is 5.57 Å². The van der Waals surface area contributed by atoms with Crippen LogP contribution in [0.2, 0.25) is 5.02 Å². The number of aliphatic hydroxyl groups is 1. The minimum absolute atomic E-state index is 0.712. The molecular weight excluding hydrogens is 354 g/mol. The van der Waals surface area contributed by atoms with E-state index in [0.29, 0.717) is 5.02 Å². The highest BCUT2D eigenvalue weighted by Gasteiger charge is 2.36. The molecular formula is C24H20ClNO. The van der Waals surface area contributed by atoms with Crippen LogP contribution in [0.15, 0.2) is 96.7 Å². The van der Waals surface area contributed by atoms with Crippen molar-refractivity contribution in [3.63, 3.8) is 0 Å². The van der Waals surface area contributed by atoms with E-state index in [1.807, 2.05) is 97.9 Å². The van der Waals surface area contributed by atoms with Gasteiger partial charge >= 0.3 is 0 Å². The Hall–Kier alpha value is -2.81. The number of nitrogens with one attached hydrogen (secondary N) is 1. The topological polar surface area (TPSA) is 32.3 Å². The van der Waals surface area contributed by atoms with Crippen LogP contribution in [-0.2, 0) is 5.60 Å². The highest BCUT2D eigenvalue weighted by atomic mass is 35.5. The summed E-state index contributed by atoms with van der Waals surface area (Å²) in [7, 11) is 0. The van der Waals surface area contributed by atoms with Gasteiger partial charge in [-0.25, -0.2) is 0 Å². The van der Waals surface area contributed by atoms with Crippen LogP contribution < -0.4 is 5.32 Å². The van der Waals surface area contributed by atoms with Crippen molar-refractivity contribution in [1.82, 2.24) is 0 Å². The van der Waals surface area contributed by atoms with Crippen molar-refractivity contribution < 1.29 is 5.11 Å². The molecule has 3 heteroatoms. The van der Waals surface area contributed by atoms with E-state index in [9.17, 15) is 5.11 Å². The number of anilines is 1. The summed E-state index contributed by atoms with van der Waals surface area (Å²) in [6.07, 6.45) is 3.86. The monoisotopic (exact) mass is 373 g/mol. The van der Waals surface area contributed by atoms with Crippen molar-refractivity contribution in [3.8, 4) is 0 Å². The van der Waals surface area contributed by atoms with E-state index in [1.54, 1.807) is 0 Å². The Bertz CT molecular complexity index is 1020. The Balaban J connectivity index is 1.77. The normalized spacial score (nSPS) is 18.8. The van der Waals surface area contributed by atoms with E-state index in [0.717, 1.165) is 33.6 Å². The van der Waals surface area contributed by atoms with Crippen LogP contribution in [0.5, 0.6) is 0 Å². The van der Waals surface area contributed by atoms with Gasteiger partial charge in [0.1, 0.15) is 5.60 Å². The lowest BCUT2D eigenvalue weighted by Gasteiger charge is -2.25. The summed E-state index contributed by atoms with van der Waals surface area (Å²) in [5, 5.41) is 15.7. The maximum Gasteiger partial charge on any atom is 0.136 e. The van der Waals surface area contributed by atoms with Gasteiger partial charge in [-0.2, -0.15) is 0 Å². The lowest BCUT2D eigenvalue weighted by Crippen LogP contribution is -2.23. The van der Waals surface area contributed by atoms with Crippen LogP contribution in [0.1, 0.15) is 16.7 Å². The van der Waals surface area contributed by atoms with Crippen LogP contribution in [-0.4, -0.2) is 5.11 Å². The Kier molecular flexibility index (Phi) is 4.61. The first-order valence-electron chi connectivity index (χ1n) is 8.88. The van der Waals surface area contributed by atoms with Gasteiger partial charge in [-0.15, -0.1) is 0 Å². The molecule has 27 heavy (non-hydrogen) atoms. The molecule has 0 unspecified atom stereocenters. The van der Waals surface area contributed by atoms with Gasteiger partial charge < -0.3 is 10.4 Å². The third-order valence-electron chi connectivity index (χ3n) is 4.83. The lowest BCUT2D eigenvalue weighted by molar-refractivity contribution is 0.156. The standard InChI is InChI=1S/C24H20ClNO/c1-17-12-13-20(15-23(17)25)26-21-14-22(18-8-4-2-5-9-18)24(27,16-21)19-10-6-3-7-11-19/h2-16,26-27H,1H3/t24-/m1/s1. The zero-order chi connectivity index (χ0) is 18.9. The fourth-order valence-corrected chi connectivity index (χ4v) is 3.55. The molecule has 1 atom stereocenters. The fraction of sp³-hybridized carbons (Fsp3) is 0.0833. The second-order valence-corrected chi connectivity index (χ2v) is 7.15. The van der Waals surface area contributed by atoms with Gasteiger partial charge in [0.2, 0.25) is 0 Å². The van der Waals surface area contributed by atoms with Gasteiger partial charge in [0.15, 0.2) is 0 Å². The molecule has 0 radical (unpaired) electrons. The van der Waals surface area contributed by atoms with Gasteiger partial charge in [0.05, 0.1) is 0 Å². The molecule has 0 amide bonds. The first-order chi connectivity index (χ1) is 13.1. The first kappa shape index (κ1) is 17.6. The number of hydrogen-bond acceptors (Lipinski definition) is 2. The highest BCUT2D eigenvalue weighted by molar-refractivity contribution is 6.31. The van der Waals surface area contributed by atoms with Crippen molar-refractivity contribution >= 4 is 22.9 Å². The zero-order valence-electron chi connectivity index (χ0n) is 15.0. The number of allylic oxidation sites excluding steroid dienone is 1. The van der Waals surface area contributed by atoms with Gasteiger partial charge in [-0.1, -0.05) is 78.3 Å². The van der Waals surface area contributed by atoms with Crippen LogP contribution >= 0.6 is 11.6 Å². The predicted molar refractivity (Wildman–Crippen MR) is 113 cm³/mol. The summed E-state index contributed by atoms with van der Waals surface area (Å²) < 4.78 is 0. The van der Waals surface area contributed by atoms with Crippen molar-refractivity contribution in [2.75, 3.05) is 5.32 Å². The molecule has 4 rings (SSSR count). The van der Waals surface area contributed by atoms with E-state index >= 15 is 0 Å². The van der Waals surface area contributed by atoms with Crippen molar-refractivity contribution in [1.29, 1.82) is 0 Å². The number of aryl methyl sites for hydroxylation is 1. The van der Waals surface area contributed by atoms with Crippen molar-refractivity contribution in [3.05, 3.63) is 118 Å². The molecule has 0 saturated carbocycles. The summed E-state index contributed by atoms with van der Waals surface area (Å²) in [4.78, 5) is 0. The van der Waals surface area contributed by atoms with E-state index in [2.05, 4.69) is 5.32 Å². The zero-order valence-corrected chi connectivity index (χ0v) is 15.7. The minimum Gasteiger partial charge on any atom is -0.377 e. The van der Waals surface area contributed by atoms with E-state index < -0.39 is 5.60 Å². The first-order valence-corrected chi connectivity index (χ1v) is 9.25. The Morgan fingerprint density at radius 2 is 1.56 bits per heavy atom. The number of hydrogen-bond donors (Lipinski definition) is 2. The summed E-state index contributed by atoms with van der Waals surface area (Å²) in [6.45, 7) is 1.97. The lowest BCUT2D eigenvalue weighted by atomic mass is 9.85. The quantitative estimate of drug-likeness (QED) is 0.594. The summed E-state index contributed by atoms with van der Waals surface area (Å²) in [6, 6.07) is 25.5. The molecule has 1 aliphatic carbocycles. The number of rotatable bonds is 4. The molecule has 2 nitrogen and oxygen atoms in total. The number of benzene rings is 3. The molecule has 134 valence electrons. The molecule has 3 aromatic carbocycles. The Morgan fingerprint density at radius 1 is 0.889 bits per heavy atom. The predicted octanol–water partition coefficient (Wildman–Crippen LogP) is 5.93. The SMILES string of the molecule is Cc1ccc(NC2=C[C@@](O)(c3ccccc3)C(c3ccccc3)=C2)cc1Cl. The van der Waals surface area contributed by atoms with Gasteiger partial charge in [-0.05, 0) is 47.9 Å². The third-order valence-corrected chi connectivity index (χ3v) is 5.24.